The summed E-state index contributed by atoms with van der Waals surface area (Å²) in [6.07, 6.45) is 0.355. The lowest BCUT2D eigenvalue weighted by Gasteiger charge is -2.24. The first-order chi connectivity index (χ1) is 7.91. The lowest BCUT2D eigenvalue weighted by Crippen LogP contribution is -2.43. The Morgan fingerprint density at radius 3 is 2.65 bits per heavy atom. The number of carboxylic acid groups (broad SMARTS) is 1. The van der Waals surface area contributed by atoms with Crippen LogP contribution in [0, 0.1) is 0 Å². The third kappa shape index (κ3) is 3.16. The van der Waals surface area contributed by atoms with Crippen LogP contribution in [-0.4, -0.2) is 38.7 Å². The number of rotatable bonds is 5. The minimum Gasteiger partial charge on any atom is -0.480 e. The van der Waals surface area contributed by atoms with E-state index < -0.39 is 11.5 Å². The second-order valence-electron chi connectivity index (χ2n) is 3.53. The molecule has 1 unspecified atom stereocenters. The van der Waals surface area contributed by atoms with Crippen molar-refractivity contribution < 1.29 is 14.6 Å². The molecule has 0 saturated heterocycles. The first-order valence-corrected chi connectivity index (χ1v) is 5.26. The molecule has 7 nitrogen and oxygen atoms in total. The van der Waals surface area contributed by atoms with Gasteiger partial charge in [0.25, 0.3) is 0 Å². The monoisotopic (exact) mass is 260 g/mol. The highest BCUT2D eigenvalue weighted by atomic mass is 35.5. The Labute approximate surface area is 103 Å². The van der Waals surface area contributed by atoms with Crippen molar-refractivity contribution in [2.45, 2.75) is 25.8 Å². The highest BCUT2D eigenvalue weighted by molar-refractivity contribution is 6.28. The normalized spacial score (nSPS) is 13.9. The summed E-state index contributed by atoms with van der Waals surface area (Å²) in [6.45, 7) is 3.26. The Hall–Kier alpha value is -1.63. The van der Waals surface area contributed by atoms with Gasteiger partial charge in [0, 0.05) is 0 Å². The molecule has 0 aliphatic heterocycles. The molecule has 0 fully saturated rings. The van der Waals surface area contributed by atoms with Gasteiger partial charge in [0.05, 0.1) is 7.11 Å². The number of anilines is 1. The highest BCUT2D eigenvalue weighted by Crippen LogP contribution is 2.18. The first kappa shape index (κ1) is 13.4. The van der Waals surface area contributed by atoms with Crippen molar-refractivity contribution in [1.29, 1.82) is 0 Å². The van der Waals surface area contributed by atoms with E-state index in [0.29, 0.717) is 6.42 Å². The molecule has 1 aromatic rings. The summed E-state index contributed by atoms with van der Waals surface area (Å²) in [4.78, 5) is 22.4. The number of carbonyl (C=O) groups is 1. The van der Waals surface area contributed by atoms with Crippen LogP contribution in [0.25, 0.3) is 0 Å². The molecule has 0 radical (unpaired) electrons. The van der Waals surface area contributed by atoms with Crippen LogP contribution in [0.1, 0.15) is 20.3 Å². The number of hydrogen-bond donors (Lipinski definition) is 2. The number of nitrogens with one attached hydrogen (secondary N) is 1. The van der Waals surface area contributed by atoms with Crippen LogP contribution in [0.3, 0.4) is 0 Å². The SMILES string of the molecule is CCC(C)(Nc1nc(Cl)nc(OC)n1)C(=O)O. The van der Waals surface area contributed by atoms with E-state index in [1.54, 1.807) is 6.92 Å². The molecule has 0 aromatic carbocycles. The average Bonchev–Trinajstić information content (AvgIpc) is 2.27. The maximum Gasteiger partial charge on any atom is 0.329 e. The van der Waals surface area contributed by atoms with Gasteiger partial charge in [-0.1, -0.05) is 6.92 Å². The van der Waals surface area contributed by atoms with E-state index in [-0.39, 0.29) is 17.2 Å². The van der Waals surface area contributed by atoms with Crippen LogP contribution >= 0.6 is 11.6 Å². The Kier molecular flexibility index (Phi) is 4.06. The van der Waals surface area contributed by atoms with E-state index in [9.17, 15) is 4.79 Å². The van der Waals surface area contributed by atoms with Crippen LogP contribution in [-0.2, 0) is 4.79 Å². The number of carboxylic acids is 1. The summed E-state index contributed by atoms with van der Waals surface area (Å²) in [5, 5.41) is 11.7. The molecular formula is C9H13ClN4O3. The summed E-state index contributed by atoms with van der Waals surface area (Å²) in [5.41, 5.74) is -1.17. The van der Waals surface area contributed by atoms with Crippen LogP contribution in [0.4, 0.5) is 5.95 Å². The molecule has 0 bridgehead atoms. The number of ether oxygens (including phenoxy) is 1. The zero-order chi connectivity index (χ0) is 13.1. The van der Waals surface area contributed by atoms with Gasteiger partial charge < -0.3 is 15.2 Å². The lowest BCUT2D eigenvalue weighted by atomic mass is 10.00. The Bertz CT molecular complexity index is 429. The molecule has 1 aromatic heterocycles. The van der Waals surface area contributed by atoms with Crippen LogP contribution in [0.5, 0.6) is 6.01 Å². The van der Waals surface area contributed by atoms with E-state index in [1.807, 2.05) is 0 Å². The molecule has 0 aliphatic rings. The number of hydrogen-bond acceptors (Lipinski definition) is 6. The van der Waals surface area contributed by atoms with Crippen LogP contribution < -0.4 is 10.1 Å². The fourth-order valence-electron chi connectivity index (χ4n) is 1.02. The van der Waals surface area contributed by atoms with Crippen LogP contribution in [0.2, 0.25) is 5.28 Å². The Morgan fingerprint density at radius 2 is 2.18 bits per heavy atom. The van der Waals surface area contributed by atoms with Gasteiger partial charge in [0.2, 0.25) is 11.2 Å². The van der Waals surface area contributed by atoms with Gasteiger partial charge in [-0.25, -0.2) is 4.79 Å². The predicted molar refractivity (Wildman–Crippen MR) is 61.3 cm³/mol. The van der Waals surface area contributed by atoms with Gasteiger partial charge in [-0.05, 0) is 24.9 Å². The van der Waals surface area contributed by atoms with Crippen molar-refractivity contribution >= 4 is 23.5 Å². The van der Waals surface area contributed by atoms with E-state index in [2.05, 4.69) is 20.3 Å². The topological polar surface area (TPSA) is 97.2 Å². The fourth-order valence-corrected chi connectivity index (χ4v) is 1.17. The number of halogens is 1. The molecule has 1 atom stereocenters. The average molecular weight is 261 g/mol. The maximum absolute atomic E-state index is 11.1. The van der Waals surface area contributed by atoms with Gasteiger partial charge in [0.1, 0.15) is 5.54 Å². The minimum atomic E-state index is -1.17. The zero-order valence-electron chi connectivity index (χ0n) is 9.69. The number of nitrogens with zero attached hydrogens (tertiary/aromatic N) is 3. The van der Waals surface area contributed by atoms with E-state index in [1.165, 1.54) is 14.0 Å². The number of aromatic nitrogens is 3. The first-order valence-electron chi connectivity index (χ1n) is 4.88. The quantitative estimate of drug-likeness (QED) is 0.821. The second-order valence-corrected chi connectivity index (χ2v) is 3.87. The predicted octanol–water partition coefficient (Wildman–Crippen LogP) is 1.20. The third-order valence-electron chi connectivity index (χ3n) is 2.34. The van der Waals surface area contributed by atoms with Crippen molar-refractivity contribution in [2.24, 2.45) is 0 Å². The third-order valence-corrected chi connectivity index (χ3v) is 2.51. The van der Waals surface area contributed by atoms with Crippen molar-refractivity contribution in [1.82, 2.24) is 15.0 Å². The molecule has 2 N–H and O–H groups in total. The van der Waals surface area contributed by atoms with Crippen molar-refractivity contribution in [3.63, 3.8) is 0 Å². The molecule has 94 valence electrons. The molecule has 1 rings (SSSR count). The Morgan fingerprint density at radius 1 is 1.53 bits per heavy atom. The smallest absolute Gasteiger partial charge is 0.329 e. The van der Waals surface area contributed by atoms with Gasteiger partial charge in [0.15, 0.2) is 0 Å². The zero-order valence-corrected chi connectivity index (χ0v) is 10.4. The highest BCUT2D eigenvalue weighted by Gasteiger charge is 2.32. The standard InChI is InChI=1S/C9H13ClN4O3/c1-4-9(2,5(15)16)14-7-11-6(10)12-8(13-7)17-3/h4H2,1-3H3,(H,15,16)(H,11,12,13,14). The number of aliphatic carboxylic acids is 1. The summed E-state index contributed by atoms with van der Waals surface area (Å²) in [7, 11) is 1.38. The molecule has 0 aliphatic carbocycles. The summed E-state index contributed by atoms with van der Waals surface area (Å²) >= 11 is 5.65. The number of methoxy groups -OCH3 is 1. The van der Waals surface area contributed by atoms with Gasteiger partial charge in [-0.3, -0.25) is 0 Å². The molecular weight excluding hydrogens is 248 g/mol. The maximum atomic E-state index is 11.1. The fraction of sp³-hybridized carbons (Fsp3) is 0.556. The van der Waals surface area contributed by atoms with Crippen molar-refractivity contribution in [3.8, 4) is 6.01 Å². The van der Waals surface area contributed by atoms with Crippen molar-refractivity contribution in [2.75, 3.05) is 12.4 Å². The molecule has 0 spiro atoms. The second kappa shape index (κ2) is 5.13. The summed E-state index contributed by atoms with van der Waals surface area (Å²) in [5.74, 6) is -0.941. The molecule has 0 saturated carbocycles. The summed E-state index contributed by atoms with van der Waals surface area (Å²) in [6, 6.07) is 0.0244. The minimum absolute atomic E-state index is 0.0244. The van der Waals surface area contributed by atoms with Gasteiger partial charge in [-0.15, -0.1) is 0 Å². The Balaban J connectivity index is 3.01. The van der Waals surface area contributed by atoms with Crippen LogP contribution in [0.15, 0.2) is 0 Å². The largest absolute Gasteiger partial charge is 0.480 e. The van der Waals surface area contributed by atoms with E-state index in [4.69, 9.17) is 21.4 Å². The lowest BCUT2D eigenvalue weighted by molar-refractivity contribution is -0.141. The molecule has 1 heterocycles. The van der Waals surface area contributed by atoms with Gasteiger partial charge in [-0.2, -0.15) is 15.0 Å². The molecule has 17 heavy (non-hydrogen) atoms. The van der Waals surface area contributed by atoms with E-state index in [0.717, 1.165) is 0 Å². The van der Waals surface area contributed by atoms with Crippen molar-refractivity contribution in [3.05, 3.63) is 5.28 Å². The summed E-state index contributed by atoms with van der Waals surface area (Å²) < 4.78 is 4.81. The van der Waals surface area contributed by atoms with Gasteiger partial charge >= 0.3 is 12.0 Å². The molecule has 0 amide bonds. The van der Waals surface area contributed by atoms with E-state index >= 15 is 0 Å². The molecule has 8 heteroatoms.